The van der Waals surface area contributed by atoms with Crippen LogP contribution >= 0.6 is 12.4 Å². The van der Waals surface area contributed by atoms with Gasteiger partial charge in [-0.1, -0.05) is 6.07 Å². The van der Waals surface area contributed by atoms with Crippen LogP contribution in [0.25, 0.3) is 22.2 Å². The van der Waals surface area contributed by atoms with Crippen LogP contribution in [0.5, 0.6) is 23.0 Å². The normalized spacial score (nSPS) is 12.1. The fourth-order valence-electron chi connectivity index (χ4n) is 4.79. The maximum absolute atomic E-state index is 12.4. The Morgan fingerprint density at radius 3 is 2.66 bits per heavy atom. The van der Waals surface area contributed by atoms with E-state index in [1.807, 2.05) is 43.4 Å². The second-order valence-electron chi connectivity index (χ2n) is 8.82. The number of H-pyrrole nitrogens is 1. The number of aromatic nitrogens is 2. The Morgan fingerprint density at radius 1 is 1.16 bits per heavy atom. The second kappa shape index (κ2) is 10.7. The molecule has 5 rings (SSSR count). The average molecular weight is 542 g/mol. The molecule has 0 saturated heterocycles. The Bertz CT molecular complexity index is 1590. The number of carbonyl (C=O) groups is 1. The maximum Gasteiger partial charge on any atom is 0.345 e. The van der Waals surface area contributed by atoms with Crippen LogP contribution in [0.3, 0.4) is 0 Å². The number of methoxy groups -OCH3 is 2. The van der Waals surface area contributed by atoms with Gasteiger partial charge in [-0.15, -0.1) is 12.4 Å². The van der Waals surface area contributed by atoms with Crippen LogP contribution in [-0.2, 0) is 26.6 Å². The summed E-state index contributed by atoms with van der Waals surface area (Å²) in [7, 11) is 5.21. The number of aromatic hydroxyl groups is 1. The molecule has 4 N–H and O–H groups in total. The van der Waals surface area contributed by atoms with Gasteiger partial charge in [-0.2, -0.15) is 0 Å². The number of aryl methyl sites for hydroxylation is 1. The first-order chi connectivity index (χ1) is 17.8. The quantitative estimate of drug-likeness (QED) is 0.279. The van der Waals surface area contributed by atoms with Crippen molar-refractivity contribution in [2.75, 3.05) is 20.8 Å². The Labute approximate surface area is 224 Å². The van der Waals surface area contributed by atoms with Crippen LogP contribution in [0, 0.1) is 0 Å². The number of aromatic amines is 1. The van der Waals surface area contributed by atoms with Crippen molar-refractivity contribution in [2.45, 2.75) is 19.5 Å². The minimum absolute atomic E-state index is 0. The lowest BCUT2D eigenvalue weighted by Crippen LogP contribution is -2.20. The van der Waals surface area contributed by atoms with E-state index in [2.05, 4.69) is 14.9 Å². The van der Waals surface area contributed by atoms with Gasteiger partial charge >= 0.3 is 5.97 Å². The Kier molecular flexibility index (Phi) is 7.56. The van der Waals surface area contributed by atoms with E-state index in [-0.39, 0.29) is 25.4 Å². The summed E-state index contributed by atoms with van der Waals surface area (Å²) in [5.41, 5.74) is 2.77. The molecule has 0 spiro atoms. The number of benzene rings is 2. The number of halogens is 1. The van der Waals surface area contributed by atoms with Gasteiger partial charge in [0.15, 0.2) is 5.56 Å². The van der Waals surface area contributed by atoms with Gasteiger partial charge in [-0.05, 0) is 18.2 Å². The van der Waals surface area contributed by atoms with Crippen LogP contribution in [0.15, 0.2) is 41.2 Å². The number of rotatable bonds is 7. The van der Waals surface area contributed by atoms with Crippen molar-refractivity contribution >= 4 is 29.3 Å². The fraction of sp³-hybridized carbons (Fsp3) is 0.259. The molecule has 3 heterocycles. The third-order valence-electron chi connectivity index (χ3n) is 6.74. The molecule has 4 aromatic rings. The molecule has 200 valence electrons. The van der Waals surface area contributed by atoms with E-state index in [1.54, 1.807) is 14.2 Å². The van der Waals surface area contributed by atoms with Crippen molar-refractivity contribution < 1.29 is 29.2 Å². The van der Waals surface area contributed by atoms with E-state index < -0.39 is 22.8 Å². The molecular weight excluding hydrogens is 514 g/mol. The highest BCUT2D eigenvalue weighted by Gasteiger charge is 2.26. The molecule has 0 unspecified atom stereocenters. The topological polar surface area (TPSA) is 135 Å². The summed E-state index contributed by atoms with van der Waals surface area (Å²) >= 11 is 0. The van der Waals surface area contributed by atoms with Crippen molar-refractivity contribution in [2.24, 2.45) is 7.05 Å². The molecule has 0 atom stereocenters. The molecule has 10 nitrogen and oxygen atoms in total. The largest absolute Gasteiger partial charge is 0.506 e. The minimum Gasteiger partial charge on any atom is -0.506 e. The Hall–Kier alpha value is -4.15. The number of fused-ring (bicyclic) bond motifs is 4. The zero-order chi connectivity index (χ0) is 26.3. The molecular formula is C27H28ClN3O7. The summed E-state index contributed by atoms with van der Waals surface area (Å²) in [6.45, 7) is 1.41. The van der Waals surface area contributed by atoms with Crippen LogP contribution in [-0.4, -0.2) is 46.6 Å². The summed E-state index contributed by atoms with van der Waals surface area (Å²) in [5, 5.41) is 24.3. The second-order valence-corrected chi connectivity index (χ2v) is 8.82. The van der Waals surface area contributed by atoms with E-state index in [9.17, 15) is 19.8 Å². The van der Waals surface area contributed by atoms with E-state index >= 15 is 0 Å². The molecule has 0 radical (unpaired) electrons. The molecule has 1 aliphatic heterocycles. The third kappa shape index (κ3) is 4.64. The highest BCUT2D eigenvalue weighted by Crippen LogP contribution is 2.40. The van der Waals surface area contributed by atoms with E-state index in [0.717, 1.165) is 33.7 Å². The Morgan fingerprint density at radius 2 is 1.95 bits per heavy atom. The number of ether oxygens (including phenoxy) is 3. The summed E-state index contributed by atoms with van der Waals surface area (Å²) in [4.78, 5) is 26.6. The lowest BCUT2D eigenvalue weighted by Gasteiger charge is -2.12. The maximum atomic E-state index is 12.4. The van der Waals surface area contributed by atoms with Crippen LogP contribution in [0.1, 0.15) is 27.2 Å². The third-order valence-corrected chi connectivity index (χ3v) is 6.74. The van der Waals surface area contributed by atoms with E-state index in [1.165, 1.54) is 0 Å². The summed E-state index contributed by atoms with van der Waals surface area (Å²) in [5.74, 6) is 0.0241. The Balaban J connectivity index is 0.00000336. The number of carboxylic acid groups (broad SMARTS) is 1. The van der Waals surface area contributed by atoms with Crippen molar-refractivity contribution in [3.63, 3.8) is 0 Å². The fourth-order valence-corrected chi connectivity index (χ4v) is 4.79. The van der Waals surface area contributed by atoms with Gasteiger partial charge in [-0.25, -0.2) is 4.79 Å². The number of aromatic carboxylic acids is 1. The summed E-state index contributed by atoms with van der Waals surface area (Å²) < 4.78 is 18.8. The smallest absolute Gasteiger partial charge is 0.345 e. The van der Waals surface area contributed by atoms with Gasteiger partial charge in [0.05, 0.1) is 32.0 Å². The number of nitrogens with zero attached hydrogens (tertiary/aromatic N) is 1. The van der Waals surface area contributed by atoms with E-state index in [4.69, 9.17) is 14.2 Å². The molecule has 0 fully saturated rings. The zero-order valence-corrected chi connectivity index (χ0v) is 21.9. The summed E-state index contributed by atoms with van der Waals surface area (Å²) in [6.07, 6.45) is 0.257. The molecule has 38 heavy (non-hydrogen) atoms. The SMILES string of the molecule is COc1ccc(CNCc2cc3cc4c(cc3n2C)OCCc2c-4[nH]c(=O)c(C(=O)O)c2O)c(OC)c1.Cl. The monoisotopic (exact) mass is 541 g/mol. The molecule has 2 aromatic heterocycles. The standard InChI is InChI=1S/C27H27N3O7.ClH/c1-30-16(13-28-12-14-4-5-17(35-2)10-21(14)36-3)8-15-9-19-22(11-20(15)30)37-7-6-18-24(19)29-26(32)23(25(18)31)27(33)34;/h4-5,8-11,28H,6-7,12-13H2,1-3H3,(H,33,34)(H2,29,31,32);1H. The zero-order valence-electron chi connectivity index (χ0n) is 21.1. The van der Waals surface area contributed by atoms with Gasteiger partial charge in [-0.3, -0.25) is 4.79 Å². The molecule has 1 aliphatic rings. The van der Waals surface area contributed by atoms with Crippen molar-refractivity contribution in [3.05, 3.63) is 69.1 Å². The molecule has 0 bridgehead atoms. The van der Waals surface area contributed by atoms with E-state index in [0.29, 0.717) is 35.7 Å². The highest BCUT2D eigenvalue weighted by molar-refractivity contribution is 5.94. The first-order valence-corrected chi connectivity index (χ1v) is 11.7. The summed E-state index contributed by atoms with van der Waals surface area (Å²) in [6, 6.07) is 11.5. The van der Waals surface area contributed by atoms with Gasteiger partial charge in [0.1, 0.15) is 23.0 Å². The predicted molar refractivity (Wildman–Crippen MR) is 144 cm³/mol. The van der Waals surface area contributed by atoms with Gasteiger partial charge in [0, 0.05) is 66.5 Å². The van der Waals surface area contributed by atoms with Gasteiger partial charge in [0.2, 0.25) is 0 Å². The number of hydrogen-bond acceptors (Lipinski definition) is 7. The lowest BCUT2D eigenvalue weighted by atomic mass is 9.99. The van der Waals surface area contributed by atoms with Crippen molar-refractivity contribution in [1.82, 2.24) is 14.9 Å². The first-order valence-electron chi connectivity index (χ1n) is 11.7. The predicted octanol–water partition coefficient (Wildman–Crippen LogP) is 3.60. The van der Waals surface area contributed by atoms with Gasteiger partial charge in [0.25, 0.3) is 5.56 Å². The van der Waals surface area contributed by atoms with Gasteiger partial charge < -0.3 is 39.3 Å². The molecule has 0 aliphatic carbocycles. The van der Waals surface area contributed by atoms with Crippen LogP contribution in [0.2, 0.25) is 0 Å². The molecule has 0 saturated carbocycles. The van der Waals surface area contributed by atoms with Crippen molar-refractivity contribution in [3.8, 4) is 34.3 Å². The number of carboxylic acids is 1. The van der Waals surface area contributed by atoms with Crippen molar-refractivity contribution in [1.29, 1.82) is 0 Å². The average Bonchev–Trinajstić information content (AvgIpc) is 3.06. The highest BCUT2D eigenvalue weighted by atomic mass is 35.5. The molecule has 0 amide bonds. The number of pyridine rings is 1. The number of nitrogens with one attached hydrogen (secondary N) is 2. The van der Waals surface area contributed by atoms with Crippen LogP contribution < -0.4 is 25.1 Å². The molecule has 2 aromatic carbocycles. The molecule has 11 heteroatoms. The first kappa shape index (κ1) is 26.9. The lowest BCUT2D eigenvalue weighted by molar-refractivity contribution is 0.0691. The van der Waals surface area contributed by atoms with Crippen LogP contribution in [0.4, 0.5) is 0 Å². The number of hydrogen-bond donors (Lipinski definition) is 4. The minimum atomic E-state index is -1.48.